The molecule has 0 aliphatic carbocycles. The van der Waals surface area contributed by atoms with Crippen LogP contribution in [0, 0.1) is 13.8 Å². The number of rotatable bonds is 7. The maximum Gasteiger partial charge on any atom is 0.253 e. The second-order valence-electron chi connectivity index (χ2n) is 10.9. The molecule has 37 heavy (non-hydrogen) atoms. The van der Waals surface area contributed by atoms with E-state index in [-0.39, 0.29) is 17.1 Å². The van der Waals surface area contributed by atoms with E-state index in [2.05, 4.69) is 107 Å². The molecule has 0 saturated carbocycles. The summed E-state index contributed by atoms with van der Waals surface area (Å²) in [4.78, 5) is 21.6. The lowest BCUT2D eigenvalue weighted by atomic mass is 9.98. The van der Waals surface area contributed by atoms with E-state index in [9.17, 15) is 4.79 Å². The van der Waals surface area contributed by atoms with Gasteiger partial charge < -0.3 is 4.98 Å². The zero-order chi connectivity index (χ0) is 26.2. The quantitative estimate of drug-likeness (QED) is 0.411. The number of hydrogen-bond acceptors (Lipinski definition) is 6. The van der Waals surface area contributed by atoms with Crippen molar-refractivity contribution < 1.29 is 0 Å². The van der Waals surface area contributed by atoms with Crippen LogP contribution < -0.4 is 5.56 Å². The van der Waals surface area contributed by atoms with Crippen LogP contribution in [-0.2, 0) is 12.1 Å². The van der Waals surface area contributed by atoms with E-state index in [0.717, 1.165) is 61.4 Å². The first-order valence-electron chi connectivity index (χ1n) is 13.2. The van der Waals surface area contributed by atoms with E-state index in [0.29, 0.717) is 5.56 Å². The average molecular weight is 500 g/mol. The van der Waals surface area contributed by atoms with Gasteiger partial charge in [0.05, 0.1) is 5.54 Å². The summed E-state index contributed by atoms with van der Waals surface area (Å²) < 4.78 is 1.91. The summed E-state index contributed by atoms with van der Waals surface area (Å²) in [6.07, 6.45) is 0.870. The van der Waals surface area contributed by atoms with Crippen LogP contribution in [-0.4, -0.2) is 61.2 Å². The Morgan fingerprint density at radius 3 is 2.41 bits per heavy atom. The topological polar surface area (TPSA) is 82.9 Å². The Bertz CT molecular complexity index is 1430. The molecule has 1 aliphatic rings. The van der Waals surface area contributed by atoms with E-state index in [1.807, 2.05) is 10.7 Å². The molecule has 2 aromatic heterocycles. The summed E-state index contributed by atoms with van der Waals surface area (Å²) in [7, 11) is 0. The number of fused-ring (bicyclic) bond motifs is 1. The minimum atomic E-state index is -0.338. The number of benzene rings is 2. The second-order valence-corrected chi connectivity index (χ2v) is 10.9. The zero-order valence-electron chi connectivity index (χ0n) is 22.5. The number of hydrogen-bond donors (Lipinski definition) is 1. The molecule has 1 aliphatic heterocycles. The molecular formula is C29H37N7O. The predicted molar refractivity (Wildman–Crippen MR) is 147 cm³/mol. The van der Waals surface area contributed by atoms with Crippen LogP contribution in [0.3, 0.4) is 0 Å². The monoisotopic (exact) mass is 499 g/mol. The molecule has 1 N–H and O–H groups in total. The van der Waals surface area contributed by atoms with Crippen molar-refractivity contribution in [1.29, 1.82) is 0 Å². The van der Waals surface area contributed by atoms with Crippen molar-refractivity contribution in [2.45, 2.75) is 59.2 Å². The van der Waals surface area contributed by atoms with Gasteiger partial charge in [0.15, 0.2) is 5.82 Å². The summed E-state index contributed by atoms with van der Waals surface area (Å²) in [6, 6.07) is 16.5. The molecular weight excluding hydrogens is 462 g/mol. The molecule has 0 bridgehead atoms. The molecule has 0 amide bonds. The largest absolute Gasteiger partial charge is 0.322 e. The highest BCUT2D eigenvalue weighted by Crippen LogP contribution is 2.31. The van der Waals surface area contributed by atoms with Gasteiger partial charge in [-0.15, -0.1) is 5.10 Å². The fourth-order valence-corrected chi connectivity index (χ4v) is 5.16. The summed E-state index contributed by atoms with van der Waals surface area (Å²) >= 11 is 0. The van der Waals surface area contributed by atoms with Crippen LogP contribution in [0.4, 0.5) is 0 Å². The van der Waals surface area contributed by atoms with Gasteiger partial charge in [-0.3, -0.25) is 14.6 Å². The van der Waals surface area contributed by atoms with E-state index >= 15 is 0 Å². The lowest BCUT2D eigenvalue weighted by molar-refractivity contribution is 0.0968. The van der Waals surface area contributed by atoms with Crippen molar-refractivity contribution in [3.05, 3.63) is 87.0 Å². The van der Waals surface area contributed by atoms with Gasteiger partial charge >= 0.3 is 0 Å². The van der Waals surface area contributed by atoms with Crippen LogP contribution in [0.1, 0.15) is 61.3 Å². The Balaban J connectivity index is 1.53. The van der Waals surface area contributed by atoms with Crippen molar-refractivity contribution >= 4 is 10.9 Å². The van der Waals surface area contributed by atoms with Gasteiger partial charge in [-0.1, -0.05) is 37.3 Å². The van der Waals surface area contributed by atoms with Crippen LogP contribution in [0.15, 0.2) is 53.3 Å². The molecule has 194 valence electrons. The Labute approximate surface area is 218 Å². The lowest BCUT2D eigenvalue weighted by Crippen LogP contribution is -2.49. The summed E-state index contributed by atoms with van der Waals surface area (Å²) in [5.74, 6) is 0.719. The Morgan fingerprint density at radius 1 is 1.00 bits per heavy atom. The Hall–Kier alpha value is -3.36. The van der Waals surface area contributed by atoms with E-state index in [4.69, 9.17) is 0 Å². The smallest absolute Gasteiger partial charge is 0.253 e. The van der Waals surface area contributed by atoms with Crippen LogP contribution in [0.25, 0.3) is 10.9 Å². The molecule has 5 rings (SSSR count). The molecule has 1 fully saturated rings. The normalized spacial score (nSPS) is 16.4. The van der Waals surface area contributed by atoms with Crippen LogP contribution >= 0.6 is 0 Å². The Kier molecular flexibility index (Phi) is 6.96. The molecule has 0 radical (unpaired) electrons. The maximum absolute atomic E-state index is 13.6. The number of H-pyrrole nitrogens is 1. The van der Waals surface area contributed by atoms with Crippen molar-refractivity contribution in [2.75, 3.05) is 26.2 Å². The molecule has 4 aromatic rings. The van der Waals surface area contributed by atoms with Crippen molar-refractivity contribution in [1.82, 2.24) is 35.0 Å². The van der Waals surface area contributed by atoms with E-state index in [1.54, 1.807) is 0 Å². The highest BCUT2D eigenvalue weighted by atomic mass is 16.1. The van der Waals surface area contributed by atoms with E-state index < -0.39 is 0 Å². The standard InChI is InChI=1S/C29H37N7O/c1-6-29(4,5)36-27(31-32-33-36)26(24-18-23-16-20(2)21(3)17-25(23)30-28(24)37)35-14-12-34(13-15-35)19-22-10-8-7-9-11-22/h7-11,16-18,26H,6,12-15,19H2,1-5H3,(H,30,37)/t26-/m0/s1. The number of aromatic amines is 1. The molecule has 0 unspecified atom stereocenters. The number of aromatic nitrogens is 5. The van der Waals surface area contributed by atoms with Gasteiger partial charge in [0.25, 0.3) is 5.56 Å². The summed E-state index contributed by atoms with van der Waals surface area (Å²) in [6.45, 7) is 15.0. The van der Waals surface area contributed by atoms with Crippen molar-refractivity contribution in [3.8, 4) is 0 Å². The lowest BCUT2D eigenvalue weighted by Gasteiger charge is -2.39. The number of piperazine rings is 1. The van der Waals surface area contributed by atoms with Gasteiger partial charge in [0.1, 0.15) is 6.04 Å². The second kappa shape index (κ2) is 10.2. The first-order chi connectivity index (χ1) is 17.8. The SMILES string of the molecule is CCC(C)(C)n1nnnc1[C@H](c1cc2cc(C)c(C)cc2[nH]c1=O)N1CCN(Cc2ccccc2)CC1. The Morgan fingerprint density at radius 2 is 1.70 bits per heavy atom. The molecule has 0 spiro atoms. The number of nitrogens with zero attached hydrogens (tertiary/aromatic N) is 6. The first-order valence-corrected chi connectivity index (χ1v) is 13.2. The molecule has 2 aromatic carbocycles. The number of nitrogens with one attached hydrogen (secondary N) is 1. The molecule has 8 nitrogen and oxygen atoms in total. The average Bonchev–Trinajstić information content (AvgIpc) is 3.38. The molecule has 8 heteroatoms. The van der Waals surface area contributed by atoms with Gasteiger partial charge in [0, 0.05) is 43.8 Å². The first kappa shape index (κ1) is 25.3. The molecule has 1 saturated heterocycles. The van der Waals surface area contributed by atoms with Crippen LogP contribution in [0.5, 0.6) is 0 Å². The predicted octanol–water partition coefficient (Wildman–Crippen LogP) is 4.18. The minimum absolute atomic E-state index is 0.0867. The minimum Gasteiger partial charge on any atom is -0.322 e. The van der Waals surface area contributed by atoms with Crippen molar-refractivity contribution in [3.63, 3.8) is 0 Å². The summed E-state index contributed by atoms with van der Waals surface area (Å²) in [5, 5.41) is 14.0. The van der Waals surface area contributed by atoms with Gasteiger partial charge in [-0.05, 0) is 84.8 Å². The third-order valence-corrected chi connectivity index (χ3v) is 7.98. The fraction of sp³-hybridized carbons (Fsp3) is 0.448. The third-order valence-electron chi connectivity index (χ3n) is 7.98. The van der Waals surface area contributed by atoms with Crippen molar-refractivity contribution in [2.24, 2.45) is 0 Å². The van der Waals surface area contributed by atoms with Gasteiger partial charge in [0.2, 0.25) is 0 Å². The number of pyridine rings is 1. The van der Waals surface area contributed by atoms with E-state index in [1.165, 1.54) is 11.1 Å². The van der Waals surface area contributed by atoms with Crippen LogP contribution in [0.2, 0.25) is 0 Å². The highest BCUT2D eigenvalue weighted by molar-refractivity contribution is 5.81. The zero-order valence-corrected chi connectivity index (χ0v) is 22.5. The fourth-order valence-electron chi connectivity index (χ4n) is 5.16. The maximum atomic E-state index is 13.6. The van der Waals surface area contributed by atoms with Gasteiger partial charge in [-0.25, -0.2) is 4.68 Å². The van der Waals surface area contributed by atoms with Gasteiger partial charge in [-0.2, -0.15) is 0 Å². The molecule has 1 atom stereocenters. The third kappa shape index (κ3) is 5.08. The number of aryl methyl sites for hydroxylation is 2. The number of tetrazole rings is 1. The summed E-state index contributed by atoms with van der Waals surface area (Å²) in [5.41, 5.74) is 4.87. The molecule has 3 heterocycles. The highest BCUT2D eigenvalue weighted by Gasteiger charge is 2.35.